The minimum absolute atomic E-state index is 0.359. The lowest BCUT2D eigenvalue weighted by molar-refractivity contribution is -0.141. The average molecular weight is 343 g/mol. The quantitative estimate of drug-likeness (QED) is 0.888. The molecular weight excluding hydrogens is 328 g/mol. The van der Waals surface area contributed by atoms with E-state index >= 15 is 0 Å². The van der Waals surface area contributed by atoms with Crippen LogP contribution in [0, 0.1) is 0 Å². The van der Waals surface area contributed by atoms with Crippen LogP contribution in [0.2, 0.25) is 10.0 Å². The molecule has 1 unspecified atom stereocenters. The number of carbonyl (C=O) groups is 1. The van der Waals surface area contributed by atoms with E-state index in [0.717, 1.165) is 5.56 Å². The van der Waals surface area contributed by atoms with Crippen LogP contribution in [0.1, 0.15) is 12.5 Å². The lowest BCUT2D eigenvalue weighted by atomic mass is 10.2. The highest BCUT2D eigenvalue weighted by Crippen LogP contribution is 2.23. The zero-order chi connectivity index (χ0) is 16.2. The molecule has 0 spiro atoms. The monoisotopic (exact) mass is 342 g/mol. The molecule has 21 heavy (non-hydrogen) atoms. The van der Waals surface area contributed by atoms with E-state index in [1.807, 2.05) is 5.32 Å². The molecule has 0 saturated heterocycles. The van der Waals surface area contributed by atoms with Gasteiger partial charge in [-0.15, -0.1) is 0 Å². The van der Waals surface area contributed by atoms with Gasteiger partial charge in [0.15, 0.2) is 0 Å². The van der Waals surface area contributed by atoms with Gasteiger partial charge in [-0.1, -0.05) is 29.3 Å². The summed E-state index contributed by atoms with van der Waals surface area (Å²) in [4.78, 5) is 13.3. The molecule has 0 aromatic heterocycles. The summed E-state index contributed by atoms with van der Waals surface area (Å²) < 4.78 is 36.2. The van der Waals surface area contributed by atoms with Gasteiger partial charge in [0.1, 0.15) is 6.54 Å². The zero-order valence-electron chi connectivity index (χ0n) is 11.5. The first kappa shape index (κ1) is 18.1. The number of amides is 1. The minimum Gasteiger partial charge on any atom is -0.346 e. The van der Waals surface area contributed by atoms with Gasteiger partial charge < -0.3 is 5.32 Å². The van der Waals surface area contributed by atoms with Gasteiger partial charge in [0.25, 0.3) is 0 Å². The Balaban J connectivity index is 2.59. The Kier molecular flexibility index (Phi) is 6.31. The van der Waals surface area contributed by atoms with Gasteiger partial charge >= 0.3 is 6.18 Å². The summed E-state index contributed by atoms with van der Waals surface area (Å²) in [5, 5.41) is 2.66. The number of nitrogens with one attached hydrogen (secondary N) is 1. The maximum absolute atomic E-state index is 12.1. The van der Waals surface area contributed by atoms with Crippen LogP contribution in [0.3, 0.4) is 0 Å². The standard InChI is InChI=1S/C13H15Cl2F3N2O/c1-8(12(21)19-7-13(16,17)18)20(2)6-9-3-4-10(14)11(15)5-9/h3-5,8H,6-7H2,1-2H3,(H,19,21). The van der Waals surface area contributed by atoms with E-state index in [1.54, 1.807) is 30.1 Å². The van der Waals surface area contributed by atoms with E-state index in [1.165, 1.54) is 6.92 Å². The van der Waals surface area contributed by atoms with Crippen LogP contribution >= 0.6 is 23.2 Å². The van der Waals surface area contributed by atoms with Crippen molar-refractivity contribution in [3.63, 3.8) is 0 Å². The third-order valence-electron chi connectivity index (χ3n) is 2.92. The zero-order valence-corrected chi connectivity index (χ0v) is 13.0. The van der Waals surface area contributed by atoms with Crippen LogP contribution in [-0.2, 0) is 11.3 Å². The summed E-state index contributed by atoms with van der Waals surface area (Å²) in [7, 11) is 1.64. The number of alkyl halides is 3. The summed E-state index contributed by atoms with van der Waals surface area (Å²) >= 11 is 11.7. The maximum Gasteiger partial charge on any atom is 0.405 e. The third-order valence-corrected chi connectivity index (χ3v) is 3.66. The first-order valence-corrected chi connectivity index (χ1v) is 6.84. The Morgan fingerprint density at radius 1 is 1.33 bits per heavy atom. The molecule has 118 valence electrons. The van der Waals surface area contributed by atoms with Crippen molar-refractivity contribution in [2.24, 2.45) is 0 Å². The van der Waals surface area contributed by atoms with Crippen LogP contribution in [0.15, 0.2) is 18.2 Å². The van der Waals surface area contributed by atoms with Gasteiger partial charge in [-0.05, 0) is 31.7 Å². The largest absolute Gasteiger partial charge is 0.405 e. The third kappa shape index (κ3) is 6.11. The number of halogens is 5. The topological polar surface area (TPSA) is 32.3 Å². The van der Waals surface area contributed by atoms with Crippen molar-refractivity contribution in [1.29, 1.82) is 0 Å². The summed E-state index contributed by atoms with van der Waals surface area (Å²) in [5.74, 6) is -0.685. The number of benzene rings is 1. The Bertz CT molecular complexity index is 509. The second-order valence-corrected chi connectivity index (χ2v) is 5.49. The second kappa shape index (κ2) is 7.33. The van der Waals surface area contributed by atoms with E-state index in [4.69, 9.17) is 23.2 Å². The van der Waals surface area contributed by atoms with Gasteiger partial charge in [-0.25, -0.2) is 0 Å². The number of carbonyl (C=O) groups excluding carboxylic acids is 1. The van der Waals surface area contributed by atoms with Crippen molar-refractivity contribution in [2.75, 3.05) is 13.6 Å². The van der Waals surface area contributed by atoms with Gasteiger partial charge in [-0.3, -0.25) is 9.69 Å². The summed E-state index contributed by atoms with van der Waals surface area (Å²) in [6.45, 7) is 0.553. The van der Waals surface area contributed by atoms with Crippen molar-refractivity contribution < 1.29 is 18.0 Å². The molecule has 1 aromatic rings. The summed E-state index contributed by atoms with van der Waals surface area (Å²) in [6.07, 6.45) is -4.42. The Labute approximate surface area is 131 Å². The first-order valence-electron chi connectivity index (χ1n) is 6.09. The normalized spacial score (nSPS) is 13.3. The van der Waals surface area contributed by atoms with E-state index in [9.17, 15) is 18.0 Å². The molecule has 0 aliphatic rings. The van der Waals surface area contributed by atoms with Crippen molar-refractivity contribution in [3.8, 4) is 0 Å². The van der Waals surface area contributed by atoms with Crippen molar-refractivity contribution in [2.45, 2.75) is 25.7 Å². The van der Waals surface area contributed by atoms with E-state index in [-0.39, 0.29) is 0 Å². The summed E-state index contributed by atoms with van der Waals surface area (Å²) in [5.41, 5.74) is 0.808. The molecule has 0 bridgehead atoms. The fourth-order valence-electron chi connectivity index (χ4n) is 1.60. The highest BCUT2D eigenvalue weighted by atomic mass is 35.5. The number of nitrogens with zero attached hydrogens (tertiary/aromatic N) is 1. The fourth-order valence-corrected chi connectivity index (χ4v) is 1.92. The number of hydrogen-bond donors (Lipinski definition) is 1. The number of hydrogen-bond acceptors (Lipinski definition) is 2. The average Bonchev–Trinajstić information content (AvgIpc) is 2.38. The van der Waals surface area contributed by atoms with Crippen LogP contribution in [0.5, 0.6) is 0 Å². The second-order valence-electron chi connectivity index (χ2n) is 4.67. The van der Waals surface area contributed by atoms with Crippen LogP contribution in [-0.4, -0.2) is 36.6 Å². The SMILES string of the molecule is CC(C(=O)NCC(F)(F)F)N(C)Cc1ccc(Cl)c(Cl)c1. The molecule has 1 rings (SSSR count). The molecule has 0 heterocycles. The molecular formula is C13H15Cl2F3N2O. The van der Waals surface area contributed by atoms with Crippen LogP contribution < -0.4 is 5.32 Å². The summed E-state index contributed by atoms with van der Waals surface area (Å²) in [6, 6.07) is 4.31. The van der Waals surface area contributed by atoms with Gasteiger partial charge in [0.05, 0.1) is 16.1 Å². The minimum atomic E-state index is -4.42. The molecule has 0 saturated carbocycles. The predicted octanol–water partition coefficient (Wildman–Crippen LogP) is 3.49. The molecule has 0 fully saturated rings. The Morgan fingerprint density at radius 3 is 2.48 bits per heavy atom. The maximum atomic E-state index is 12.1. The first-order chi connectivity index (χ1) is 9.60. The van der Waals surface area contributed by atoms with Crippen LogP contribution in [0.25, 0.3) is 0 Å². The molecule has 0 aliphatic heterocycles. The Morgan fingerprint density at radius 2 is 1.95 bits per heavy atom. The van der Waals surface area contributed by atoms with Crippen molar-refractivity contribution in [3.05, 3.63) is 33.8 Å². The molecule has 0 radical (unpaired) electrons. The highest BCUT2D eigenvalue weighted by molar-refractivity contribution is 6.42. The van der Waals surface area contributed by atoms with Gasteiger partial charge in [-0.2, -0.15) is 13.2 Å². The van der Waals surface area contributed by atoms with Gasteiger partial charge in [0, 0.05) is 6.54 Å². The fraction of sp³-hybridized carbons (Fsp3) is 0.462. The van der Waals surface area contributed by atoms with E-state index < -0.39 is 24.7 Å². The lowest BCUT2D eigenvalue weighted by Gasteiger charge is -2.24. The highest BCUT2D eigenvalue weighted by Gasteiger charge is 2.29. The van der Waals surface area contributed by atoms with Crippen molar-refractivity contribution in [1.82, 2.24) is 10.2 Å². The molecule has 1 atom stereocenters. The number of likely N-dealkylation sites (N-methyl/N-ethyl adjacent to an activating group) is 1. The molecule has 8 heteroatoms. The van der Waals surface area contributed by atoms with Gasteiger partial charge in [0.2, 0.25) is 5.91 Å². The Hall–Kier alpha value is -0.980. The molecule has 1 aromatic carbocycles. The van der Waals surface area contributed by atoms with E-state index in [0.29, 0.717) is 16.6 Å². The molecule has 1 amide bonds. The molecule has 1 N–H and O–H groups in total. The molecule has 3 nitrogen and oxygen atoms in total. The smallest absolute Gasteiger partial charge is 0.346 e. The van der Waals surface area contributed by atoms with E-state index in [2.05, 4.69) is 0 Å². The predicted molar refractivity (Wildman–Crippen MR) is 76.5 cm³/mol. The van der Waals surface area contributed by atoms with Crippen LogP contribution in [0.4, 0.5) is 13.2 Å². The van der Waals surface area contributed by atoms with Crippen molar-refractivity contribution >= 4 is 29.1 Å². The number of rotatable bonds is 5. The lowest BCUT2D eigenvalue weighted by Crippen LogP contribution is -2.45. The molecule has 0 aliphatic carbocycles.